The average molecular weight is 225 g/mol. The minimum atomic E-state index is 0.528. The van der Waals surface area contributed by atoms with E-state index in [1.165, 1.54) is 51.9 Å². The molecule has 0 amide bonds. The van der Waals surface area contributed by atoms with E-state index < -0.39 is 0 Å². The molecule has 0 N–H and O–H groups in total. The van der Waals surface area contributed by atoms with Crippen molar-refractivity contribution in [1.82, 2.24) is 14.9 Å². The molecule has 3 aliphatic heterocycles. The Morgan fingerprint density at radius 1 is 0.812 bits per heavy atom. The average Bonchev–Trinajstić information content (AvgIpc) is 2.29. The van der Waals surface area contributed by atoms with E-state index in [0.29, 0.717) is 6.17 Å². The van der Waals surface area contributed by atoms with E-state index in [-0.39, 0.29) is 0 Å². The van der Waals surface area contributed by atoms with E-state index in [0.717, 1.165) is 19.8 Å². The van der Waals surface area contributed by atoms with Crippen molar-refractivity contribution in [2.24, 2.45) is 0 Å². The molecule has 3 fully saturated rings. The number of rotatable bonds is 2. The molecule has 3 aliphatic rings. The fourth-order valence-corrected chi connectivity index (χ4v) is 2.98. The molecule has 0 bridgehead atoms. The molecule has 0 aliphatic carbocycles. The largest absolute Gasteiger partial charge is 0.377 e. The lowest BCUT2D eigenvalue weighted by atomic mass is 10.1. The minimum absolute atomic E-state index is 0.528. The van der Waals surface area contributed by atoms with Gasteiger partial charge in [0.25, 0.3) is 0 Å². The highest BCUT2D eigenvalue weighted by Crippen LogP contribution is 2.22. The molecule has 3 rings (SSSR count). The third-order valence-electron chi connectivity index (χ3n) is 4.08. The van der Waals surface area contributed by atoms with Crippen LogP contribution in [-0.4, -0.2) is 67.0 Å². The summed E-state index contributed by atoms with van der Waals surface area (Å²) in [4.78, 5) is 2.56. The lowest BCUT2D eigenvalue weighted by Gasteiger charge is -2.50. The first-order valence-electron chi connectivity index (χ1n) is 6.78. The summed E-state index contributed by atoms with van der Waals surface area (Å²) in [5.41, 5.74) is 0. The van der Waals surface area contributed by atoms with E-state index >= 15 is 0 Å². The molecule has 1 atom stereocenters. The Kier molecular flexibility index (Phi) is 3.43. The molecule has 3 heterocycles. The van der Waals surface area contributed by atoms with Gasteiger partial charge in [-0.3, -0.25) is 4.90 Å². The minimum Gasteiger partial charge on any atom is -0.377 e. The second-order valence-electron chi connectivity index (χ2n) is 5.12. The molecule has 0 saturated carbocycles. The summed E-state index contributed by atoms with van der Waals surface area (Å²) < 4.78 is 5.65. The summed E-state index contributed by atoms with van der Waals surface area (Å²) in [6.45, 7) is 7.92. The Balaban J connectivity index is 1.64. The van der Waals surface area contributed by atoms with Gasteiger partial charge in [-0.1, -0.05) is 6.42 Å². The van der Waals surface area contributed by atoms with Gasteiger partial charge in [-0.25, -0.2) is 10.0 Å². The van der Waals surface area contributed by atoms with Crippen LogP contribution in [0.15, 0.2) is 0 Å². The second kappa shape index (κ2) is 5.00. The molecule has 0 aromatic rings. The van der Waals surface area contributed by atoms with Crippen LogP contribution in [0.4, 0.5) is 0 Å². The van der Waals surface area contributed by atoms with Gasteiger partial charge in [0.15, 0.2) is 0 Å². The molecule has 0 aromatic carbocycles. The van der Waals surface area contributed by atoms with Crippen molar-refractivity contribution >= 4 is 0 Å². The summed E-state index contributed by atoms with van der Waals surface area (Å²) in [6, 6.07) is 0. The number of piperidine rings is 1. The predicted octanol–water partition coefficient (Wildman–Crippen LogP) is 0.751. The Bertz CT molecular complexity index is 226. The Morgan fingerprint density at radius 2 is 1.62 bits per heavy atom. The number of hydrogen-bond acceptors (Lipinski definition) is 4. The maximum Gasteiger partial charge on any atom is 0.0998 e. The van der Waals surface area contributed by atoms with Gasteiger partial charge < -0.3 is 4.74 Å². The Hall–Kier alpha value is -0.160. The van der Waals surface area contributed by atoms with Crippen LogP contribution < -0.4 is 0 Å². The molecule has 0 radical (unpaired) electrons. The number of morpholine rings is 1. The van der Waals surface area contributed by atoms with Crippen LogP contribution in [-0.2, 0) is 4.74 Å². The van der Waals surface area contributed by atoms with Gasteiger partial charge in [0.2, 0.25) is 0 Å². The topological polar surface area (TPSA) is 19.0 Å². The third kappa shape index (κ3) is 2.12. The number of hydrazine groups is 1. The highest BCUT2D eigenvalue weighted by molar-refractivity contribution is 4.81. The first-order chi connectivity index (χ1) is 7.95. The van der Waals surface area contributed by atoms with Crippen molar-refractivity contribution in [2.75, 3.05) is 45.9 Å². The molecule has 16 heavy (non-hydrogen) atoms. The van der Waals surface area contributed by atoms with Crippen molar-refractivity contribution in [1.29, 1.82) is 0 Å². The van der Waals surface area contributed by atoms with Crippen LogP contribution in [0.3, 0.4) is 0 Å². The van der Waals surface area contributed by atoms with Gasteiger partial charge in [0, 0.05) is 32.7 Å². The monoisotopic (exact) mass is 225 g/mol. The second-order valence-corrected chi connectivity index (χ2v) is 5.12. The number of hydrogen-bond donors (Lipinski definition) is 0. The zero-order chi connectivity index (χ0) is 10.8. The third-order valence-corrected chi connectivity index (χ3v) is 4.08. The van der Waals surface area contributed by atoms with E-state index in [1.807, 2.05) is 0 Å². The molecule has 0 spiro atoms. The van der Waals surface area contributed by atoms with Gasteiger partial charge in [-0.2, -0.15) is 0 Å². The van der Waals surface area contributed by atoms with Crippen LogP contribution >= 0.6 is 0 Å². The molecule has 1 unspecified atom stereocenters. The van der Waals surface area contributed by atoms with Crippen molar-refractivity contribution in [3.63, 3.8) is 0 Å². The van der Waals surface area contributed by atoms with Gasteiger partial charge in [-0.15, -0.1) is 0 Å². The zero-order valence-electron chi connectivity index (χ0n) is 10.1. The maximum absolute atomic E-state index is 5.65. The van der Waals surface area contributed by atoms with Crippen LogP contribution in [0.5, 0.6) is 0 Å². The first kappa shape index (κ1) is 11.0. The van der Waals surface area contributed by atoms with E-state index in [9.17, 15) is 0 Å². The standard InChI is InChI=1S/C12H23N3O/c1-2-7-14(8-3-1)15-9-10-16-11-12(15)13-5-4-6-13/h12H,1-11H2. The number of ether oxygens (including phenoxy) is 1. The quantitative estimate of drug-likeness (QED) is 0.690. The molecule has 92 valence electrons. The van der Waals surface area contributed by atoms with Crippen molar-refractivity contribution in [3.05, 3.63) is 0 Å². The molecule has 0 aromatic heterocycles. The molecular weight excluding hydrogens is 202 g/mol. The maximum atomic E-state index is 5.65. The number of likely N-dealkylation sites (tertiary alicyclic amines) is 1. The summed E-state index contributed by atoms with van der Waals surface area (Å²) >= 11 is 0. The van der Waals surface area contributed by atoms with E-state index in [1.54, 1.807) is 0 Å². The van der Waals surface area contributed by atoms with Crippen LogP contribution in [0.25, 0.3) is 0 Å². The lowest BCUT2D eigenvalue weighted by Crippen LogP contribution is -2.64. The van der Waals surface area contributed by atoms with Crippen LogP contribution in [0, 0.1) is 0 Å². The first-order valence-corrected chi connectivity index (χ1v) is 6.78. The molecule has 3 saturated heterocycles. The fraction of sp³-hybridized carbons (Fsp3) is 1.00. The highest BCUT2D eigenvalue weighted by Gasteiger charge is 2.35. The SMILES string of the molecule is C1CCN(N2CCOCC2N2CCC2)CC1. The van der Waals surface area contributed by atoms with Crippen molar-refractivity contribution in [3.8, 4) is 0 Å². The molecule has 4 nitrogen and oxygen atoms in total. The summed E-state index contributed by atoms with van der Waals surface area (Å²) in [5, 5.41) is 5.16. The van der Waals surface area contributed by atoms with Gasteiger partial charge in [0.05, 0.1) is 19.4 Å². The molecule has 4 heteroatoms. The van der Waals surface area contributed by atoms with E-state index in [4.69, 9.17) is 4.74 Å². The zero-order valence-corrected chi connectivity index (χ0v) is 10.1. The Labute approximate surface area is 98.1 Å². The Morgan fingerprint density at radius 3 is 2.31 bits per heavy atom. The summed E-state index contributed by atoms with van der Waals surface area (Å²) in [5.74, 6) is 0. The predicted molar refractivity (Wildman–Crippen MR) is 62.9 cm³/mol. The summed E-state index contributed by atoms with van der Waals surface area (Å²) in [7, 11) is 0. The van der Waals surface area contributed by atoms with Crippen molar-refractivity contribution < 1.29 is 4.74 Å². The van der Waals surface area contributed by atoms with E-state index in [2.05, 4.69) is 14.9 Å². The highest BCUT2D eigenvalue weighted by atomic mass is 16.5. The lowest BCUT2D eigenvalue weighted by molar-refractivity contribution is -0.190. The number of nitrogens with zero attached hydrogens (tertiary/aromatic N) is 3. The normalized spacial score (nSPS) is 34.9. The van der Waals surface area contributed by atoms with Crippen molar-refractivity contribution in [2.45, 2.75) is 31.8 Å². The van der Waals surface area contributed by atoms with Gasteiger partial charge in [-0.05, 0) is 19.3 Å². The fourth-order valence-electron chi connectivity index (χ4n) is 2.98. The smallest absolute Gasteiger partial charge is 0.0998 e. The van der Waals surface area contributed by atoms with Crippen LogP contribution in [0.1, 0.15) is 25.7 Å². The molecular formula is C12H23N3O. The van der Waals surface area contributed by atoms with Gasteiger partial charge >= 0.3 is 0 Å². The summed E-state index contributed by atoms with van der Waals surface area (Å²) in [6.07, 6.45) is 6.04. The van der Waals surface area contributed by atoms with Gasteiger partial charge in [0.1, 0.15) is 0 Å². The van der Waals surface area contributed by atoms with Crippen LogP contribution in [0.2, 0.25) is 0 Å².